The molecule has 0 amide bonds. The van der Waals surface area contributed by atoms with E-state index in [1.807, 2.05) is 19.2 Å². The molecular weight excluding hydrogens is 245 g/mol. The molecule has 1 aromatic carbocycles. The van der Waals surface area contributed by atoms with Gasteiger partial charge in [0.1, 0.15) is 5.82 Å². The molecule has 0 aromatic heterocycles. The molecule has 0 bridgehead atoms. The minimum absolute atomic E-state index is 0.131. The second-order valence-corrected chi connectivity index (χ2v) is 4.25. The summed E-state index contributed by atoms with van der Waals surface area (Å²) in [5.74, 6) is -0.131. The lowest BCUT2D eigenvalue weighted by Gasteiger charge is -2.14. The summed E-state index contributed by atoms with van der Waals surface area (Å²) < 4.78 is 14.2. The minimum Gasteiger partial charge on any atom is -0.317 e. The van der Waals surface area contributed by atoms with Crippen LogP contribution in [0.25, 0.3) is 0 Å². The average Bonchev–Trinajstić information content (AvgIpc) is 2.17. The molecule has 0 aliphatic rings. The van der Waals surface area contributed by atoms with Gasteiger partial charge in [-0.3, -0.25) is 0 Å². The highest BCUT2D eigenvalue weighted by atomic mass is 79.9. The van der Waals surface area contributed by atoms with Gasteiger partial charge in [0.25, 0.3) is 0 Å². The molecule has 0 aliphatic carbocycles. The van der Waals surface area contributed by atoms with Crippen molar-refractivity contribution in [3.63, 3.8) is 0 Å². The standard InChI is InChI=1S/C11H15BrFN/c1-3-10(14-2)6-8-4-5-9(12)7-11(8)13/h4-5,7,10,14H,3,6H2,1-2H3. The molecule has 0 saturated carbocycles. The molecule has 1 N–H and O–H groups in total. The van der Waals surface area contributed by atoms with Crippen molar-refractivity contribution in [3.05, 3.63) is 34.1 Å². The number of rotatable bonds is 4. The van der Waals surface area contributed by atoms with Gasteiger partial charge >= 0.3 is 0 Å². The van der Waals surface area contributed by atoms with Crippen LogP contribution in [0.3, 0.4) is 0 Å². The maximum atomic E-state index is 13.4. The van der Waals surface area contributed by atoms with Crippen LogP contribution in [0, 0.1) is 5.82 Å². The summed E-state index contributed by atoms with van der Waals surface area (Å²) in [5.41, 5.74) is 0.773. The molecule has 1 atom stereocenters. The molecule has 14 heavy (non-hydrogen) atoms. The van der Waals surface area contributed by atoms with E-state index in [4.69, 9.17) is 0 Å². The van der Waals surface area contributed by atoms with E-state index in [9.17, 15) is 4.39 Å². The number of hydrogen-bond donors (Lipinski definition) is 1. The Kier molecular flexibility index (Phi) is 4.55. The molecule has 1 aromatic rings. The lowest BCUT2D eigenvalue weighted by molar-refractivity contribution is 0.522. The van der Waals surface area contributed by atoms with Gasteiger partial charge < -0.3 is 5.32 Å². The molecule has 0 aliphatic heterocycles. The maximum absolute atomic E-state index is 13.4. The monoisotopic (exact) mass is 259 g/mol. The third kappa shape index (κ3) is 3.07. The SMILES string of the molecule is CCC(Cc1ccc(Br)cc1F)NC. The molecule has 1 nitrogen and oxygen atoms in total. The molecule has 0 spiro atoms. The topological polar surface area (TPSA) is 12.0 Å². The zero-order valence-corrected chi connectivity index (χ0v) is 10.1. The van der Waals surface area contributed by atoms with E-state index < -0.39 is 0 Å². The first-order valence-corrected chi connectivity index (χ1v) is 5.57. The molecule has 0 radical (unpaired) electrons. The van der Waals surface area contributed by atoms with Crippen molar-refractivity contribution >= 4 is 15.9 Å². The molecule has 0 heterocycles. The summed E-state index contributed by atoms with van der Waals surface area (Å²) in [6, 6.07) is 5.57. The van der Waals surface area contributed by atoms with Gasteiger partial charge in [-0.1, -0.05) is 28.9 Å². The third-order valence-corrected chi connectivity index (χ3v) is 2.88. The molecule has 78 valence electrons. The van der Waals surface area contributed by atoms with Gasteiger partial charge in [-0.05, 0) is 37.6 Å². The number of hydrogen-bond acceptors (Lipinski definition) is 1. The van der Waals surface area contributed by atoms with Crippen molar-refractivity contribution in [1.29, 1.82) is 0 Å². The Bertz CT molecular complexity index is 297. The van der Waals surface area contributed by atoms with Crippen molar-refractivity contribution in [3.8, 4) is 0 Å². The van der Waals surface area contributed by atoms with E-state index in [0.717, 1.165) is 22.9 Å². The first kappa shape index (κ1) is 11.7. The largest absolute Gasteiger partial charge is 0.317 e. The van der Waals surface area contributed by atoms with Gasteiger partial charge in [0, 0.05) is 10.5 Å². The van der Waals surface area contributed by atoms with Crippen molar-refractivity contribution in [2.45, 2.75) is 25.8 Å². The fourth-order valence-corrected chi connectivity index (χ4v) is 1.74. The Labute approximate surface area is 92.8 Å². The van der Waals surface area contributed by atoms with Gasteiger partial charge in [-0.25, -0.2) is 4.39 Å². The van der Waals surface area contributed by atoms with E-state index in [0.29, 0.717) is 6.04 Å². The highest BCUT2D eigenvalue weighted by Gasteiger charge is 2.08. The highest BCUT2D eigenvalue weighted by Crippen LogP contribution is 2.17. The van der Waals surface area contributed by atoms with Crippen LogP contribution >= 0.6 is 15.9 Å². The summed E-state index contributed by atoms with van der Waals surface area (Å²) in [6.07, 6.45) is 1.75. The molecule has 0 saturated heterocycles. The average molecular weight is 260 g/mol. The van der Waals surface area contributed by atoms with E-state index in [1.54, 1.807) is 0 Å². The van der Waals surface area contributed by atoms with Crippen LogP contribution in [0.2, 0.25) is 0 Å². The van der Waals surface area contributed by atoms with E-state index in [-0.39, 0.29) is 5.82 Å². The zero-order chi connectivity index (χ0) is 10.6. The van der Waals surface area contributed by atoms with Gasteiger partial charge in [-0.2, -0.15) is 0 Å². The number of benzene rings is 1. The number of halogens is 2. The Balaban J connectivity index is 2.76. The smallest absolute Gasteiger partial charge is 0.127 e. The van der Waals surface area contributed by atoms with E-state index in [2.05, 4.69) is 28.2 Å². The van der Waals surface area contributed by atoms with Crippen molar-refractivity contribution in [1.82, 2.24) is 5.32 Å². The quantitative estimate of drug-likeness (QED) is 0.877. The summed E-state index contributed by atoms with van der Waals surface area (Å²) in [6.45, 7) is 2.10. The van der Waals surface area contributed by atoms with Crippen LogP contribution in [0.1, 0.15) is 18.9 Å². The predicted molar refractivity (Wildman–Crippen MR) is 60.9 cm³/mol. The van der Waals surface area contributed by atoms with Gasteiger partial charge in [0.15, 0.2) is 0 Å². The third-order valence-electron chi connectivity index (χ3n) is 2.38. The highest BCUT2D eigenvalue weighted by molar-refractivity contribution is 9.10. The van der Waals surface area contributed by atoms with E-state index in [1.165, 1.54) is 6.07 Å². The second kappa shape index (κ2) is 5.47. The van der Waals surface area contributed by atoms with Crippen LogP contribution in [0.4, 0.5) is 4.39 Å². The molecule has 1 unspecified atom stereocenters. The molecule has 3 heteroatoms. The molecular formula is C11H15BrFN. The van der Waals surface area contributed by atoms with Gasteiger partial charge in [0.05, 0.1) is 0 Å². The van der Waals surface area contributed by atoms with Crippen LogP contribution in [-0.4, -0.2) is 13.1 Å². The van der Waals surface area contributed by atoms with E-state index >= 15 is 0 Å². The van der Waals surface area contributed by atoms with Crippen molar-refractivity contribution < 1.29 is 4.39 Å². The fraction of sp³-hybridized carbons (Fsp3) is 0.455. The lowest BCUT2D eigenvalue weighted by atomic mass is 10.0. The Morgan fingerprint density at radius 1 is 1.50 bits per heavy atom. The van der Waals surface area contributed by atoms with Crippen LogP contribution < -0.4 is 5.32 Å². The van der Waals surface area contributed by atoms with Crippen LogP contribution in [-0.2, 0) is 6.42 Å². The normalized spacial score (nSPS) is 12.9. The van der Waals surface area contributed by atoms with Crippen molar-refractivity contribution in [2.75, 3.05) is 7.05 Å². The fourth-order valence-electron chi connectivity index (χ4n) is 1.40. The Hall–Kier alpha value is -0.410. The number of nitrogens with one attached hydrogen (secondary N) is 1. The number of likely N-dealkylation sites (N-methyl/N-ethyl adjacent to an activating group) is 1. The van der Waals surface area contributed by atoms with Gasteiger partial charge in [0.2, 0.25) is 0 Å². The zero-order valence-electron chi connectivity index (χ0n) is 8.48. The Morgan fingerprint density at radius 2 is 2.21 bits per heavy atom. The maximum Gasteiger partial charge on any atom is 0.127 e. The van der Waals surface area contributed by atoms with Crippen LogP contribution in [0.15, 0.2) is 22.7 Å². The minimum atomic E-state index is -0.131. The van der Waals surface area contributed by atoms with Crippen LogP contribution in [0.5, 0.6) is 0 Å². The molecule has 1 rings (SSSR count). The van der Waals surface area contributed by atoms with Crippen molar-refractivity contribution in [2.24, 2.45) is 0 Å². The summed E-state index contributed by atoms with van der Waals surface area (Å²) in [5, 5.41) is 3.16. The summed E-state index contributed by atoms with van der Waals surface area (Å²) >= 11 is 3.24. The summed E-state index contributed by atoms with van der Waals surface area (Å²) in [4.78, 5) is 0. The summed E-state index contributed by atoms with van der Waals surface area (Å²) in [7, 11) is 1.91. The second-order valence-electron chi connectivity index (χ2n) is 3.33. The van der Waals surface area contributed by atoms with Gasteiger partial charge in [-0.15, -0.1) is 0 Å². The molecule has 0 fully saturated rings. The lowest BCUT2D eigenvalue weighted by Crippen LogP contribution is -2.26. The first-order chi connectivity index (χ1) is 6.67. The predicted octanol–water partition coefficient (Wildman–Crippen LogP) is 3.13. The Morgan fingerprint density at radius 3 is 2.71 bits per heavy atom. The first-order valence-electron chi connectivity index (χ1n) is 4.78.